The van der Waals surface area contributed by atoms with Gasteiger partial charge in [0.2, 0.25) is 11.3 Å². The molecule has 3 aromatic rings. The molecule has 0 saturated carbocycles. The van der Waals surface area contributed by atoms with Gasteiger partial charge in [-0.2, -0.15) is 0 Å². The average Bonchev–Trinajstić information content (AvgIpc) is 3.40. The van der Waals surface area contributed by atoms with E-state index < -0.39 is 32.9 Å². The Kier molecular flexibility index (Phi) is 4.53. The number of hydrogen-bond acceptors (Lipinski definition) is 7. The van der Waals surface area contributed by atoms with E-state index in [4.69, 9.17) is 10.5 Å². The summed E-state index contributed by atoms with van der Waals surface area (Å²) in [6.07, 6.45) is 1.01. The minimum Gasteiger partial charge on any atom is -0.454 e. The first-order chi connectivity index (χ1) is 15.9. The third-order valence-corrected chi connectivity index (χ3v) is 7.51. The summed E-state index contributed by atoms with van der Waals surface area (Å²) >= 11 is 0. The molecule has 10 heteroatoms. The van der Waals surface area contributed by atoms with Gasteiger partial charge in [-0.3, -0.25) is 9.59 Å². The van der Waals surface area contributed by atoms with Gasteiger partial charge in [-0.05, 0) is 35.7 Å². The topological polar surface area (TPSA) is 152 Å². The number of fused-ring (bicyclic) bond motifs is 5. The van der Waals surface area contributed by atoms with Crippen LogP contribution >= 0.6 is 0 Å². The van der Waals surface area contributed by atoms with Crippen LogP contribution in [-0.4, -0.2) is 36.5 Å². The molecule has 178 valence electrons. The lowest BCUT2D eigenvalue weighted by Crippen LogP contribution is -2.60. The molecule has 0 fully saturated rings. The van der Waals surface area contributed by atoms with Gasteiger partial charge in [-0.1, -0.05) is 38.1 Å². The van der Waals surface area contributed by atoms with Crippen molar-refractivity contribution in [2.45, 2.75) is 36.1 Å². The summed E-state index contributed by atoms with van der Waals surface area (Å²) in [5, 5.41) is 14.4. The lowest BCUT2D eigenvalue weighted by atomic mass is 9.82. The van der Waals surface area contributed by atoms with Crippen LogP contribution in [0.5, 0.6) is 5.75 Å². The maximum atomic E-state index is 13.9. The van der Waals surface area contributed by atoms with E-state index >= 15 is 0 Å². The molecule has 9 nitrogen and oxygen atoms in total. The number of Topliss-reactive ketones (excluding diaryl/α,β-unsaturated/α-hetero) is 1. The van der Waals surface area contributed by atoms with Crippen molar-refractivity contribution >= 4 is 27.2 Å². The number of amides is 1. The number of nitrogens with two attached hydrogens (primary N) is 1. The molecule has 34 heavy (non-hydrogen) atoms. The summed E-state index contributed by atoms with van der Waals surface area (Å²) in [6, 6.07) is 12.4. The number of rotatable bonds is 4. The lowest BCUT2D eigenvalue weighted by molar-refractivity contribution is -0.169. The van der Waals surface area contributed by atoms with Crippen LogP contribution in [-0.2, 0) is 21.2 Å². The molecule has 5 N–H and O–H groups in total. The van der Waals surface area contributed by atoms with E-state index in [9.17, 15) is 23.1 Å². The summed E-state index contributed by atoms with van der Waals surface area (Å²) in [5.74, 6) is -3.26. The first-order valence-corrected chi connectivity index (χ1v) is 12.5. The van der Waals surface area contributed by atoms with Crippen molar-refractivity contribution in [2.24, 2.45) is 0 Å². The number of carbonyl (C=O) groups is 2. The van der Waals surface area contributed by atoms with Crippen LogP contribution in [0, 0.1) is 0 Å². The monoisotopic (exact) mass is 483 g/mol. The summed E-state index contributed by atoms with van der Waals surface area (Å²) in [5.41, 5.74) is 5.51. The third kappa shape index (κ3) is 2.78. The molecule has 0 bridgehead atoms. The van der Waals surface area contributed by atoms with Gasteiger partial charge in [0.1, 0.15) is 16.5 Å². The molecule has 2 aliphatic rings. The van der Waals surface area contributed by atoms with E-state index in [2.05, 4.69) is 10.3 Å². The highest BCUT2D eigenvalue weighted by Crippen LogP contribution is 2.59. The molecule has 1 aliphatic heterocycles. The van der Waals surface area contributed by atoms with E-state index in [1.54, 1.807) is 18.2 Å². The van der Waals surface area contributed by atoms with E-state index in [0.29, 0.717) is 0 Å². The van der Waals surface area contributed by atoms with Crippen molar-refractivity contribution in [3.8, 4) is 5.75 Å². The Balaban J connectivity index is 0.00000289. The molecule has 1 aliphatic carbocycles. The molecule has 0 unspecified atom stereocenters. The maximum absolute atomic E-state index is 13.9. The van der Waals surface area contributed by atoms with Gasteiger partial charge >= 0.3 is 0 Å². The predicted octanol–water partition coefficient (Wildman–Crippen LogP) is 2.43. The van der Waals surface area contributed by atoms with Crippen molar-refractivity contribution < 1.29 is 29.3 Å². The Morgan fingerprint density at radius 2 is 1.91 bits per heavy atom. The minimum atomic E-state index is -3.59. The Bertz CT molecular complexity index is 1500. The number of ketones is 1. The van der Waals surface area contributed by atoms with Crippen LogP contribution in [0.1, 0.15) is 58.7 Å². The van der Waals surface area contributed by atoms with Gasteiger partial charge in [0.05, 0.1) is 5.56 Å². The van der Waals surface area contributed by atoms with E-state index in [-0.39, 0.29) is 46.2 Å². The first kappa shape index (κ1) is 22.2. The van der Waals surface area contributed by atoms with Crippen LogP contribution in [0.3, 0.4) is 0 Å². The molecular weight excluding hydrogens is 458 g/mol. The Morgan fingerprint density at radius 1 is 1.18 bits per heavy atom. The smallest absolute Gasteiger partial charge is 0.271 e. The van der Waals surface area contributed by atoms with Crippen molar-refractivity contribution in [2.75, 3.05) is 12.0 Å². The number of nitrogens with one attached hydrogen (secondary N) is 2. The highest BCUT2D eigenvalue weighted by atomic mass is 32.2. The number of sulfone groups is 1. The normalized spacial score (nSPS) is 22.8. The predicted molar refractivity (Wildman–Crippen MR) is 125 cm³/mol. The molecule has 0 saturated heterocycles. The van der Waals surface area contributed by atoms with Crippen molar-refractivity contribution in [3.63, 3.8) is 0 Å². The van der Waals surface area contributed by atoms with E-state index in [1.807, 2.05) is 19.9 Å². The number of hydrogen-bond donors (Lipinski definition) is 4. The summed E-state index contributed by atoms with van der Waals surface area (Å²) in [7, 11) is -3.59. The number of aliphatic hydroxyl groups is 1. The molecule has 1 aromatic heterocycles. The van der Waals surface area contributed by atoms with Gasteiger partial charge in [-0.15, -0.1) is 0 Å². The van der Waals surface area contributed by atoms with Crippen LogP contribution in [0.4, 0.5) is 5.69 Å². The standard InChI is InChI=1S/C24H23N3O6S.H2/c1-12(2)13-7-8-14-18(11-13)33-24(30)15-5-4-6-16(25)20(15)21(28)23(14,24)27-22(29)17-9-10-19(26-17)34(3,31)32;/h4-12,26,30H,25H2,1-3H3,(H,27,29);1H/t23-,24-;/m1./s1. The second kappa shape index (κ2) is 6.94. The Hall–Kier alpha value is -3.63. The fourth-order valence-corrected chi connectivity index (χ4v) is 5.32. The fraction of sp³-hybridized carbons (Fsp3) is 0.250. The van der Waals surface area contributed by atoms with Crippen LogP contribution in [0.2, 0.25) is 0 Å². The van der Waals surface area contributed by atoms with Crippen LogP contribution < -0.4 is 15.8 Å². The zero-order valence-corrected chi connectivity index (χ0v) is 19.5. The number of aromatic nitrogens is 1. The van der Waals surface area contributed by atoms with Crippen LogP contribution in [0.25, 0.3) is 0 Å². The molecule has 1 amide bonds. The molecule has 0 radical (unpaired) electrons. The van der Waals surface area contributed by atoms with Gasteiger partial charge in [0, 0.05) is 24.5 Å². The van der Waals surface area contributed by atoms with Gasteiger partial charge in [0.15, 0.2) is 9.84 Å². The van der Waals surface area contributed by atoms with Gasteiger partial charge < -0.3 is 25.9 Å². The first-order valence-electron chi connectivity index (χ1n) is 10.6. The lowest BCUT2D eigenvalue weighted by Gasteiger charge is -2.34. The van der Waals surface area contributed by atoms with Crippen molar-refractivity contribution in [3.05, 3.63) is 76.5 Å². The number of H-pyrrole nitrogens is 1. The Morgan fingerprint density at radius 3 is 2.56 bits per heavy atom. The average molecular weight is 484 g/mol. The molecule has 5 rings (SSSR count). The summed E-state index contributed by atoms with van der Waals surface area (Å²) in [4.78, 5) is 29.8. The molecule has 0 spiro atoms. The Labute approximate surface area is 197 Å². The van der Waals surface area contributed by atoms with Gasteiger partial charge in [-0.25, -0.2) is 8.42 Å². The van der Waals surface area contributed by atoms with E-state index in [1.165, 1.54) is 24.3 Å². The zero-order valence-electron chi connectivity index (χ0n) is 18.7. The number of nitrogen functional groups attached to an aromatic ring is 1. The van der Waals surface area contributed by atoms with Crippen LogP contribution in [0.15, 0.2) is 53.6 Å². The number of benzene rings is 2. The number of aromatic amines is 1. The molecular formula is C24H25N3O6S. The maximum Gasteiger partial charge on any atom is 0.271 e. The zero-order chi connectivity index (χ0) is 24.6. The molecule has 2 atom stereocenters. The highest BCUT2D eigenvalue weighted by molar-refractivity contribution is 7.90. The second-order valence-electron chi connectivity index (χ2n) is 8.97. The number of ether oxygens (including phenoxy) is 1. The largest absolute Gasteiger partial charge is 0.454 e. The van der Waals surface area contributed by atoms with Gasteiger partial charge in [0.25, 0.3) is 11.7 Å². The fourth-order valence-electron chi connectivity index (χ4n) is 4.71. The minimum absolute atomic E-state index is 0. The third-order valence-electron chi connectivity index (χ3n) is 6.48. The number of carbonyl (C=O) groups excluding carboxylic acids is 2. The second-order valence-corrected chi connectivity index (χ2v) is 11.0. The highest BCUT2D eigenvalue weighted by Gasteiger charge is 2.72. The quantitative estimate of drug-likeness (QED) is 0.416. The SMILES string of the molecule is CC(C)c1ccc2c(c1)O[C@]1(O)c3cccc(N)c3C(=O)[C@]21NC(=O)c1ccc(S(C)(=O)=O)[nH]1.[HH]. The summed E-state index contributed by atoms with van der Waals surface area (Å²) in [6.45, 7) is 3.99. The van der Waals surface area contributed by atoms with Crippen molar-refractivity contribution in [1.29, 1.82) is 0 Å². The number of anilines is 1. The molecule has 2 aromatic carbocycles. The summed E-state index contributed by atoms with van der Waals surface area (Å²) < 4.78 is 29.7. The van der Waals surface area contributed by atoms with Crippen molar-refractivity contribution in [1.82, 2.24) is 10.3 Å². The van der Waals surface area contributed by atoms with E-state index in [0.717, 1.165) is 11.8 Å². The molecule has 2 heterocycles.